The number of nitrogens with two attached hydrogens (primary N) is 1. The summed E-state index contributed by atoms with van der Waals surface area (Å²) >= 11 is 1.43. The van der Waals surface area contributed by atoms with Gasteiger partial charge < -0.3 is 15.3 Å². The Hall–Kier alpha value is -3.25. The van der Waals surface area contributed by atoms with Gasteiger partial charge in [-0.25, -0.2) is 4.39 Å². The van der Waals surface area contributed by atoms with Crippen LogP contribution < -0.4 is 10.5 Å². The normalized spacial score (nSPS) is 18.4. The lowest BCUT2D eigenvalue weighted by atomic mass is 9.83. The van der Waals surface area contributed by atoms with Gasteiger partial charge >= 0.3 is 0 Å². The first-order valence-electron chi connectivity index (χ1n) is 9.82. The molecule has 0 saturated carbocycles. The molecule has 0 radical (unpaired) electrons. The summed E-state index contributed by atoms with van der Waals surface area (Å²) in [6.07, 6.45) is 6.91. The Labute approximate surface area is 185 Å². The number of aldehydes is 1. The molecule has 0 amide bonds. The van der Waals surface area contributed by atoms with Crippen molar-refractivity contribution in [1.82, 2.24) is 0 Å². The van der Waals surface area contributed by atoms with Crippen molar-refractivity contribution in [2.75, 3.05) is 0 Å². The van der Waals surface area contributed by atoms with Crippen LogP contribution in [0.4, 0.5) is 4.39 Å². The molecular weight excluding hydrogens is 413 g/mol. The van der Waals surface area contributed by atoms with E-state index in [9.17, 15) is 14.0 Å². The number of hydrogen-bond acceptors (Lipinski definition) is 5. The standard InChI is InChI=1S/C25H24FNO3S/c1-4-22(16(3)29)25-24(15(2)27)19(14-31-25)13-30-21-7-5-6-17(11-21)23-9-8-20(26)10-18(23)12-28/h4-12,14,18,23H,2,13,27H2,1,3H3/b22-4-. The molecule has 31 heavy (non-hydrogen) atoms. The number of allylic oxidation sites excluding steroid dienone is 6. The monoisotopic (exact) mass is 437 g/mol. The van der Waals surface area contributed by atoms with Crippen LogP contribution in [0.25, 0.3) is 11.3 Å². The van der Waals surface area contributed by atoms with Crippen molar-refractivity contribution < 1.29 is 18.7 Å². The average Bonchev–Trinajstić information content (AvgIpc) is 3.16. The van der Waals surface area contributed by atoms with Gasteiger partial charge in [-0.2, -0.15) is 0 Å². The first kappa shape index (κ1) is 22.4. The molecule has 1 aliphatic rings. The van der Waals surface area contributed by atoms with Crippen molar-refractivity contribution in [1.29, 1.82) is 0 Å². The van der Waals surface area contributed by atoms with Crippen LogP contribution in [0.5, 0.6) is 5.75 Å². The van der Waals surface area contributed by atoms with Crippen molar-refractivity contribution >= 4 is 34.7 Å². The number of carbonyl (C=O) groups is 2. The van der Waals surface area contributed by atoms with Gasteiger partial charge in [0, 0.05) is 39.1 Å². The van der Waals surface area contributed by atoms with E-state index in [0.29, 0.717) is 17.0 Å². The highest BCUT2D eigenvalue weighted by Crippen LogP contribution is 2.35. The number of Topliss-reactive ketones (excluding diaryl/α,β-unsaturated/α-hetero) is 1. The second kappa shape index (κ2) is 9.71. The maximum atomic E-state index is 13.5. The lowest BCUT2D eigenvalue weighted by Gasteiger charge is -2.21. The van der Waals surface area contributed by atoms with Crippen molar-refractivity contribution in [3.8, 4) is 5.75 Å². The predicted molar refractivity (Wildman–Crippen MR) is 123 cm³/mol. The molecule has 3 rings (SSSR count). The fourth-order valence-electron chi connectivity index (χ4n) is 3.64. The number of thiophene rings is 1. The number of ketones is 1. The molecule has 2 N–H and O–H groups in total. The van der Waals surface area contributed by atoms with E-state index in [1.807, 2.05) is 36.6 Å². The minimum Gasteiger partial charge on any atom is -0.489 e. The summed E-state index contributed by atoms with van der Waals surface area (Å²) in [5.41, 5.74) is 9.42. The van der Waals surface area contributed by atoms with E-state index >= 15 is 0 Å². The molecule has 4 nitrogen and oxygen atoms in total. The molecule has 160 valence electrons. The van der Waals surface area contributed by atoms with Crippen LogP contribution >= 0.6 is 11.3 Å². The second-order valence-electron chi connectivity index (χ2n) is 7.26. The van der Waals surface area contributed by atoms with Gasteiger partial charge in [0.15, 0.2) is 5.78 Å². The number of benzene rings is 1. The van der Waals surface area contributed by atoms with Crippen LogP contribution in [-0.2, 0) is 16.2 Å². The Balaban J connectivity index is 1.83. The smallest absolute Gasteiger partial charge is 0.160 e. The van der Waals surface area contributed by atoms with Crippen LogP contribution in [0.2, 0.25) is 0 Å². The van der Waals surface area contributed by atoms with Crippen LogP contribution in [0, 0.1) is 5.92 Å². The maximum Gasteiger partial charge on any atom is 0.160 e. The van der Waals surface area contributed by atoms with Crippen LogP contribution in [0.3, 0.4) is 0 Å². The largest absolute Gasteiger partial charge is 0.489 e. The number of hydrogen-bond donors (Lipinski definition) is 1. The average molecular weight is 438 g/mol. The Morgan fingerprint density at radius 2 is 2.16 bits per heavy atom. The van der Waals surface area contributed by atoms with E-state index < -0.39 is 11.7 Å². The molecule has 0 spiro atoms. The molecule has 2 aromatic rings. The molecule has 2 atom stereocenters. The van der Waals surface area contributed by atoms with Gasteiger partial charge in [-0.05, 0) is 49.1 Å². The molecule has 6 heteroatoms. The van der Waals surface area contributed by atoms with Gasteiger partial charge in [0.25, 0.3) is 0 Å². The maximum absolute atomic E-state index is 13.5. The first-order chi connectivity index (χ1) is 14.8. The summed E-state index contributed by atoms with van der Waals surface area (Å²) in [7, 11) is 0. The van der Waals surface area contributed by atoms with Crippen LogP contribution in [-0.4, -0.2) is 12.1 Å². The molecule has 0 aliphatic heterocycles. The zero-order chi connectivity index (χ0) is 22.5. The van der Waals surface area contributed by atoms with Crippen molar-refractivity contribution in [3.63, 3.8) is 0 Å². The fraction of sp³-hybridized carbons (Fsp3) is 0.200. The predicted octanol–water partition coefficient (Wildman–Crippen LogP) is 5.57. The summed E-state index contributed by atoms with van der Waals surface area (Å²) in [5.74, 6) is -0.639. The molecule has 0 saturated heterocycles. The Morgan fingerprint density at radius 3 is 2.81 bits per heavy atom. The quantitative estimate of drug-likeness (QED) is 0.433. The van der Waals surface area contributed by atoms with Gasteiger partial charge in [0.2, 0.25) is 0 Å². The summed E-state index contributed by atoms with van der Waals surface area (Å²) < 4.78 is 19.5. The number of rotatable bonds is 8. The third-order valence-electron chi connectivity index (χ3n) is 5.12. The molecule has 1 aromatic heterocycles. The van der Waals surface area contributed by atoms with Gasteiger partial charge in [-0.1, -0.05) is 30.9 Å². The minimum atomic E-state index is -0.558. The Bertz CT molecular complexity index is 1110. The van der Waals surface area contributed by atoms with Crippen molar-refractivity contribution in [3.05, 3.63) is 87.9 Å². The van der Waals surface area contributed by atoms with E-state index in [1.165, 1.54) is 30.4 Å². The van der Waals surface area contributed by atoms with Crippen molar-refractivity contribution in [2.45, 2.75) is 26.4 Å². The molecule has 1 aromatic carbocycles. The molecule has 0 fully saturated rings. The first-order valence-corrected chi connectivity index (χ1v) is 10.7. The third kappa shape index (κ3) is 4.91. The van der Waals surface area contributed by atoms with E-state index in [-0.39, 0.29) is 18.3 Å². The minimum absolute atomic E-state index is 0.0391. The van der Waals surface area contributed by atoms with Gasteiger partial charge in [-0.15, -0.1) is 11.3 Å². The number of ether oxygens (including phenoxy) is 1. The number of carbonyl (C=O) groups excluding carboxylic acids is 2. The summed E-state index contributed by atoms with van der Waals surface area (Å²) in [5, 5.41) is 1.92. The molecule has 1 heterocycles. The van der Waals surface area contributed by atoms with Crippen molar-refractivity contribution in [2.24, 2.45) is 11.7 Å². The second-order valence-corrected chi connectivity index (χ2v) is 8.14. The highest BCUT2D eigenvalue weighted by atomic mass is 32.1. The zero-order valence-electron chi connectivity index (χ0n) is 17.4. The molecule has 2 unspecified atom stereocenters. The Morgan fingerprint density at radius 1 is 1.39 bits per heavy atom. The summed E-state index contributed by atoms with van der Waals surface area (Å²) in [6, 6.07) is 7.39. The summed E-state index contributed by atoms with van der Waals surface area (Å²) in [4.78, 5) is 24.2. The lowest BCUT2D eigenvalue weighted by molar-refractivity contribution is -0.112. The topological polar surface area (TPSA) is 69.4 Å². The number of halogens is 1. The summed E-state index contributed by atoms with van der Waals surface area (Å²) in [6.45, 7) is 7.44. The van der Waals surface area contributed by atoms with E-state index in [2.05, 4.69) is 6.58 Å². The third-order valence-corrected chi connectivity index (χ3v) is 6.19. The Kier molecular flexibility index (Phi) is 7.02. The molecule has 1 aliphatic carbocycles. The highest BCUT2D eigenvalue weighted by Gasteiger charge is 2.23. The van der Waals surface area contributed by atoms with E-state index in [1.54, 1.807) is 12.2 Å². The molecule has 0 bridgehead atoms. The lowest BCUT2D eigenvalue weighted by Crippen LogP contribution is -2.13. The van der Waals surface area contributed by atoms with E-state index in [4.69, 9.17) is 10.5 Å². The van der Waals surface area contributed by atoms with Crippen LogP contribution in [0.15, 0.2) is 66.4 Å². The van der Waals surface area contributed by atoms with E-state index in [0.717, 1.165) is 27.9 Å². The van der Waals surface area contributed by atoms with Gasteiger partial charge in [0.05, 0.1) is 0 Å². The zero-order valence-corrected chi connectivity index (χ0v) is 18.2. The van der Waals surface area contributed by atoms with Gasteiger partial charge in [-0.3, -0.25) is 4.79 Å². The van der Waals surface area contributed by atoms with Gasteiger partial charge in [0.1, 0.15) is 24.5 Å². The van der Waals surface area contributed by atoms with Crippen LogP contribution in [0.1, 0.15) is 41.3 Å². The molecular formula is C25H24FNO3S. The highest BCUT2D eigenvalue weighted by molar-refractivity contribution is 7.12. The fourth-order valence-corrected chi connectivity index (χ4v) is 4.86. The SMILES string of the molecule is C=C(N)c1c(COc2cccc(C3C=CC(F)=CC3C=O)c2)csc1/C(=C\C)C(C)=O.